The summed E-state index contributed by atoms with van der Waals surface area (Å²) in [7, 11) is 1.36. The third kappa shape index (κ3) is 2.64. The highest BCUT2D eigenvalue weighted by atomic mass is 16.5. The first-order chi connectivity index (χ1) is 11.4. The van der Waals surface area contributed by atoms with Crippen LogP contribution in [-0.4, -0.2) is 24.6 Å². The van der Waals surface area contributed by atoms with E-state index in [1.165, 1.54) is 21.0 Å². The van der Waals surface area contributed by atoms with Crippen molar-refractivity contribution in [2.75, 3.05) is 7.11 Å². The van der Waals surface area contributed by atoms with Crippen molar-refractivity contribution < 1.29 is 19.1 Å². The number of carbonyl (C=O) groups excluding carboxylic acids is 3. The molecule has 0 heterocycles. The highest BCUT2D eigenvalue weighted by Gasteiger charge is 2.31. The number of Topliss-reactive ketones (excluding diaryl/α,β-unsaturated/α-hetero) is 2. The van der Waals surface area contributed by atoms with E-state index >= 15 is 0 Å². The maximum atomic E-state index is 11.9. The first-order valence-corrected chi connectivity index (χ1v) is 7.79. The standard InChI is InChI=1S/C20H18O4/c1-11(21)13-4-6-15-16-7-5-14(12(2)22)9-18(16)19(17(15)8-13)10-20(23)24-3/h4-9,19H,10H2,1-3H3. The Bertz CT molecular complexity index is 800. The van der Waals surface area contributed by atoms with E-state index in [0.29, 0.717) is 11.1 Å². The second kappa shape index (κ2) is 6.04. The van der Waals surface area contributed by atoms with E-state index in [4.69, 9.17) is 4.74 Å². The fourth-order valence-electron chi connectivity index (χ4n) is 3.27. The lowest BCUT2D eigenvalue weighted by Crippen LogP contribution is -2.09. The molecule has 4 heteroatoms. The molecule has 122 valence electrons. The van der Waals surface area contributed by atoms with Gasteiger partial charge in [0.1, 0.15) is 0 Å². The number of hydrogen-bond acceptors (Lipinski definition) is 4. The average molecular weight is 322 g/mol. The van der Waals surface area contributed by atoms with Crippen LogP contribution < -0.4 is 0 Å². The first-order valence-electron chi connectivity index (χ1n) is 7.79. The predicted molar refractivity (Wildman–Crippen MR) is 90.4 cm³/mol. The highest BCUT2D eigenvalue weighted by molar-refractivity contribution is 5.98. The Labute approximate surface area is 140 Å². The lowest BCUT2D eigenvalue weighted by atomic mass is 9.91. The second-order valence-electron chi connectivity index (χ2n) is 6.05. The van der Waals surface area contributed by atoms with Crippen LogP contribution in [0.4, 0.5) is 0 Å². The van der Waals surface area contributed by atoms with Gasteiger partial charge in [0.15, 0.2) is 11.6 Å². The number of hydrogen-bond donors (Lipinski definition) is 0. The quantitative estimate of drug-likeness (QED) is 0.635. The Morgan fingerprint density at radius 1 is 0.875 bits per heavy atom. The number of ketones is 2. The van der Waals surface area contributed by atoms with Gasteiger partial charge in [0, 0.05) is 17.0 Å². The zero-order valence-corrected chi connectivity index (χ0v) is 13.9. The van der Waals surface area contributed by atoms with Gasteiger partial charge in [0.25, 0.3) is 0 Å². The summed E-state index contributed by atoms with van der Waals surface area (Å²) in [6, 6.07) is 11.1. The van der Waals surface area contributed by atoms with E-state index in [1.54, 1.807) is 12.1 Å². The van der Waals surface area contributed by atoms with Crippen molar-refractivity contribution >= 4 is 17.5 Å². The van der Waals surface area contributed by atoms with Crippen LogP contribution in [0, 0.1) is 0 Å². The van der Waals surface area contributed by atoms with Crippen molar-refractivity contribution in [1.82, 2.24) is 0 Å². The van der Waals surface area contributed by atoms with Crippen LogP contribution in [0.15, 0.2) is 36.4 Å². The topological polar surface area (TPSA) is 60.4 Å². The van der Waals surface area contributed by atoms with Crippen LogP contribution in [0.2, 0.25) is 0 Å². The number of ether oxygens (including phenoxy) is 1. The Morgan fingerprint density at radius 2 is 1.33 bits per heavy atom. The predicted octanol–water partition coefficient (Wildman–Crippen LogP) is 3.77. The number of rotatable bonds is 4. The number of fused-ring (bicyclic) bond motifs is 3. The zero-order valence-electron chi connectivity index (χ0n) is 13.9. The van der Waals surface area contributed by atoms with E-state index < -0.39 is 0 Å². The monoisotopic (exact) mass is 322 g/mol. The van der Waals surface area contributed by atoms with Gasteiger partial charge in [-0.3, -0.25) is 14.4 Å². The SMILES string of the molecule is COC(=O)CC1c2cc(C(C)=O)ccc2-c2ccc(C(C)=O)cc21. The third-order valence-corrected chi connectivity index (χ3v) is 4.56. The van der Waals surface area contributed by atoms with Gasteiger partial charge in [-0.05, 0) is 48.2 Å². The van der Waals surface area contributed by atoms with Crippen LogP contribution in [0.3, 0.4) is 0 Å². The lowest BCUT2D eigenvalue weighted by molar-refractivity contribution is -0.140. The smallest absolute Gasteiger partial charge is 0.306 e. The molecule has 1 aliphatic carbocycles. The summed E-state index contributed by atoms with van der Waals surface area (Å²) in [5.74, 6) is -0.564. The summed E-state index contributed by atoms with van der Waals surface area (Å²) in [5.41, 5.74) is 5.09. The summed E-state index contributed by atoms with van der Waals surface area (Å²) in [6.45, 7) is 3.04. The molecule has 0 unspecified atom stereocenters. The molecular formula is C20H18O4. The zero-order chi connectivity index (χ0) is 17.4. The average Bonchev–Trinajstić information content (AvgIpc) is 2.87. The van der Waals surface area contributed by atoms with Gasteiger partial charge in [-0.2, -0.15) is 0 Å². The van der Waals surface area contributed by atoms with Crippen molar-refractivity contribution in [2.45, 2.75) is 26.2 Å². The molecule has 0 atom stereocenters. The molecule has 0 aromatic heterocycles. The summed E-state index contributed by atoms with van der Waals surface area (Å²) in [6.07, 6.45) is 0.180. The maximum absolute atomic E-state index is 11.9. The molecule has 3 rings (SSSR count). The Morgan fingerprint density at radius 3 is 1.71 bits per heavy atom. The summed E-state index contributed by atoms with van der Waals surface area (Å²) in [4.78, 5) is 35.3. The van der Waals surface area contributed by atoms with Crippen molar-refractivity contribution in [3.63, 3.8) is 0 Å². The minimum atomic E-state index is -0.319. The molecule has 2 aromatic rings. The summed E-state index contributed by atoms with van der Waals surface area (Å²) in [5, 5.41) is 0. The maximum Gasteiger partial charge on any atom is 0.306 e. The fourth-order valence-corrected chi connectivity index (χ4v) is 3.27. The Hall–Kier alpha value is -2.75. The fraction of sp³-hybridized carbons (Fsp3) is 0.250. The molecule has 0 N–H and O–H groups in total. The number of esters is 1. The van der Waals surface area contributed by atoms with Gasteiger partial charge in [0.05, 0.1) is 13.5 Å². The normalized spacial score (nSPS) is 12.5. The molecule has 1 aliphatic rings. The molecule has 0 amide bonds. The van der Waals surface area contributed by atoms with E-state index in [1.807, 2.05) is 24.3 Å². The van der Waals surface area contributed by atoms with Crippen molar-refractivity contribution in [3.8, 4) is 11.1 Å². The van der Waals surface area contributed by atoms with Gasteiger partial charge < -0.3 is 4.74 Å². The third-order valence-electron chi connectivity index (χ3n) is 4.56. The van der Waals surface area contributed by atoms with E-state index in [9.17, 15) is 14.4 Å². The van der Waals surface area contributed by atoms with Crippen molar-refractivity contribution in [1.29, 1.82) is 0 Å². The van der Waals surface area contributed by atoms with Crippen molar-refractivity contribution in [2.24, 2.45) is 0 Å². The summed E-state index contributed by atoms with van der Waals surface area (Å²) < 4.78 is 4.82. The van der Waals surface area contributed by atoms with Gasteiger partial charge in [0.2, 0.25) is 0 Å². The van der Waals surface area contributed by atoms with Gasteiger partial charge in [-0.25, -0.2) is 0 Å². The molecule has 2 aromatic carbocycles. The Balaban J connectivity index is 2.18. The van der Waals surface area contributed by atoms with Crippen molar-refractivity contribution in [3.05, 3.63) is 58.7 Å². The molecule has 0 spiro atoms. The van der Waals surface area contributed by atoms with E-state index in [-0.39, 0.29) is 29.9 Å². The molecule has 0 saturated carbocycles. The molecule has 4 nitrogen and oxygen atoms in total. The molecule has 0 bridgehead atoms. The van der Waals surface area contributed by atoms with E-state index in [2.05, 4.69) is 0 Å². The minimum absolute atomic E-state index is 0.0185. The lowest BCUT2D eigenvalue weighted by Gasteiger charge is -2.13. The van der Waals surface area contributed by atoms with Crippen LogP contribution in [-0.2, 0) is 9.53 Å². The molecule has 0 saturated heterocycles. The summed E-state index contributed by atoms with van der Waals surface area (Å²) >= 11 is 0. The van der Waals surface area contributed by atoms with Crippen LogP contribution >= 0.6 is 0 Å². The molecule has 24 heavy (non-hydrogen) atoms. The number of methoxy groups -OCH3 is 1. The Kier molecular flexibility index (Phi) is 4.06. The molecule has 0 radical (unpaired) electrons. The number of carbonyl (C=O) groups is 3. The van der Waals surface area contributed by atoms with Gasteiger partial charge in [-0.1, -0.05) is 24.3 Å². The minimum Gasteiger partial charge on any atom is -0.469 e. The highest BCUT2D eigenvalue weighted by Crippen LogP contribution is 2.47. The van der Waals surface area contributed by atoms with Gasteiger partial charge in [-0.15, -0.1) is 0 Å². The largest absolute Gasteiger partial charge is 0.469 e. The van der Waals surface area contributed by atoms with E-state index in [0.717, 1.165) is 22.3 Å². The van der Waals surface area contributed by atoms with Crippen LogP contribution in [0.25, 0.3) is 11.1 Å². The number of benzene rings is 2. The molecule has 0 aliphatic heterocycles. The molecular weight excluding hydrogens is 304 g/mol. The first kappa shape index (κ1) is 16.1. The van der Waals surface area contributed by atoms with Gasteiger partial charge >= 0.3 is 5.97 Å². The van der Waals surface area contributed by atoms with Crippen LogP contribution in [0.5, 0.6) is 0 Å². The molecule has 0 fully saturated rings. The second-order valence-corrected chi connectivity index (χ2v) is 6.05. The van der Waals surface area contributed by atoms with Crippen LogP contribution in [0.1, 0.15) is 58.0 Å².